The van der Waals surface area contributed by atoms with Crippen LogP contribution >= 0.6 is 0 Å². The summed E-state index contributed by atoms with van der Waals surface area (Å²) in [5.41, 5.74) is 2.22. The van der Waals surface area contributed by atoms with Crippen molar-refractivity contribution >= 4 is 11.8 Å². The molecule has 5 N–H and O–H groups in total. The minimum atomic E-state index is -2.05. The maximum atomic E-state index is 12.7. The first-order chi connectivity index (χ1) is 16.5. The van der Waals surface area contributed by atoms with Crippen LogP contribution in [0, 0.1) is 28.6 Å². The van der Waals surface area contributed by atoms with E-state index in [-0.39, 0.29) is 16.6 Å². The summed E-state index contributed by atoms with van der Waals surface area (Å²) in [6, 6.07) is 0. The molecule has 0 aromatic carbocycles. The van der Waals surface area contributed by atoms with Gasteiger partial charge in [-0.2, -0.15) is 0 Å². The second-order valence-corrected chi connectivity index (χ2v) is 11.5. The predicted octanol–water partition coefficient (Wildman–Crippen LogP) is 1.42. The summed E-state index contributed by atoms with van der Waals surface area (Å²) in [5.74, 6) is 0.392. The van der Waals surface area contributed by atoms with Gasteiger partial charge in [-0.15, -0.1) is 0 Å². The summed E-state index contributed by atoms with van der Waals surface area (Å²) in [4.78, 5) is 24.8. The molecule has 0 aromatic rings. The van der Waals surface area contributed by atoms with Crippen molar-refractivity contribution in [2.45, 2.75) is 96.2 Å². The molecule has 8 nitrogen and oxygen atoms in total. The van der Waals surface area contributed by atoms with E-state index in [0.717, 1.165) is 37.7 Å². The maximum Gasteiger partial charge on any atom is 0.338 e. The molecular weight excluding hydrogens is 452 g/mol. The lowest BCUT2D eigenvalue weighted by Crippen LogP contribution is -2.49. The van der Waals surface area contributed by atoms with Gasteiger partial charge in [0, 0.05) is 6.42 Å². The molecule has 0 bridgehead atoms. The summed E-state index contributed by atoms with van der Waals surface area (Å²) < 4.78 is 5.72. The third kappa shape index (κ3) is 4.31. The second-order valence-electron chi connectivity index (χ2n) is 11.5. The zero-order chi connectivity index (χ0) is 25.7. The van der Waals surface area contributed by atoms with Crippen molar-refractivity contribution in [1.82, 2.24) is 0 Å². The number of ether oxygens (including phenoxy) is 1. The summed E-state index contributed by atoms with van der Waals surface area (Å²) in [7, 11) is 0. The Bertz CT molecular complexity index is 911. The van der Waals surface area contributed by atoms with E-state index in [1.54, 1.807) is 0 Å². The Hall–Kier alpha value is -1.58. The first-order valence-corrected chi connectivity index (χ1v) is 12.9. The highest BCUT2D eigenvalue weighted by Crippen LogP contribution is 2.66. The van der Waals surface area contributed by atoms with Crippen molar-refractivity contribution < 1.29 is 39.9 Å². The molecule has 0 amide bonds. The van der Waals surface area contributed by atoms with Gasteiger partial charge in [-0.25, -0.2) is 4.79 Å². The number of rotatable bonds is 6. The van der Waals surface area contributed by atoms with E-state index in [9.17, 15) is 30.0 Å². The molecular formula is C27H40O8. The highest BCUT2D eigenvalue weighted by molar-refractivity contribution is 5.91. The van der Waals surface area contributed by atoms with Crippen molar-refractivity contribution in [3.8, 4) is 0 Å². The number of allylic oxidation sites excluding steroid dienone is 2. The molecule has 10 unspecified atom stereocenters. The molecule has 35 heavy (non-hydrogen) atoms. The Balaban J connectivity index is 1.52. The zero-order valence-corrected chi connectivity index (χ0v) is 20.9. The fourth-order valence-electron chi connectivity index (χ4n) is 7.90. The van der Waals surface area contributed by atoms with Gasteiger partial charge in [-0.1, -0.05) is 25.5 Å². The highest BCUT2D eigenvalue weighted by atomic mass is 16.6. The Kier molecular flexibility index (Phi) is 7.34. The SMILES string of the molecule is C/C=C1/C(OC(=O)C(O)C(O)C(O)C(O)CO)CC2C3CCC4=CC(=O)CCC4(C)C3CCC12C. The van der Waals surface area contributed by atoms with Gasteiger partial charge in [0.2, 0.25) is 0 Å². The lowest BCUT2D eigenvalue weighted by atomic mass is 9.47. The fraction of sp³-hybridized carbons (Fsp3) is 0.778. The molecule has 0 heterocycles. The van der Waals surface area contributed by atoms with E-state index < -0.39 is 43.1 Å². The Morgan fingerprint density at radius 1 is 1.09 bits per heavy atom. The van der Waals surface area contributed by atoms with Gasteiger partial charge in [-0.3, -0.25) is 4.79 Å². The Labute approximate surface area is 206 Å². The molecule has 0 aliphatic heterocycles. The monoisotopic (exact) mass is 492 g/mol. The van der Waals surface area contributed by atoms with E-state index in [4.69, 9.17) is 9.84 Å². The third-order valence-corrected chi connectivity index (χ3v) is 9.89. The van der Waals surface area contributed by atoms with Crippen LogP contribution in [0.4, 0.5) is 0 Å². The van der Waals surface area contributed by atoms with E-state index in [1.807, 2.05) is 19.1 Å². The highest BCUT2D eigenvalue weighted by Gasteiger charge is 2.60. The van der Waals surface area contributed by atoms with Crippen LogP contribution in [0.15, 0.2) is 23.3 Å². The van der Waals surface area contributed by atoms with Gasteiger partial charge in [0.1, 0.15) is 24.4 Å². The molecule has 4 rings (SSSR count). The average Bonchev–Trinajstić information content (AvgIpc) is 3.13. The Morgan fingerprint density at radius 2 is 1.80 bits per heavy atom. The Morgan fingerprint density at radius 3 is 2.46 bits per heavy atom. The van der Waals surface area contributed by atoms with Crippen LogP contribution in [0.2, 0.25) is 0 Å². The lowest BCUT2D eigenvalue weighted by molar-refractivity contribution is -0.173. The third-order valence-electron chi connectivity index (χ3n) is 9.89. The second kappa shape index (κ2) is 9.71. The fourth-order valence-corrected chi connectivity index (χ4v) is 7.90. The quantitative estimate of drug-likeness (QED) is 0.277. The van der Waals surface area contributed by atoms with Crippen LogP contribution in [0.5, 0.6) is 0 Å². The molecule has 0 spiro atoms. The van der Waals surface area contributed by atoms with Crippen LogP contribution in [0.1, 0.15) is 65.7 Å². The number of fused-ring (bicyclic) bond motifs is 5. The summed E-state index contributed by atoms with van der Waals surface area (Å²) in [5, 5.41) is 48.8. The molecule has 3 saturated carbocycles. The topological polar surface area (TPSA) is 145 Å². The first-order valence-electron chi connectivity index (χ1n) is 12.9. The van der Waals surface area contributed by atoms with E-state index >= 15 is 0 Å². The summed E-state index contributed by atoms with van der Waals surface area (Å²) in [6.45, 7) is 5.66. The molecule has 0 saturated heterocycles. The molecule has 8 heteroatoms. The van der Waals surface area contributed by atoms with E-state index in [0.29, 0.717) is 30.6 Å². The van der Waals surface area contributed by atoms with Crippen molar-refractivity contribution in [3.05, 3.63) is 23.3 Å². The number of hydrogen-bond acceptors (Lipinski definition) is 8. The molecule has 0 radical (unpaired) electrons. The molecule has 10 atom stereocenters. The number of esters is 1. The number of aliphatic hydroxyl groups excluding tert-OH is 5. The molecule has 4 aliphatic carbocycles. The summed E-state index contributed by atoms with van der Waals surface area (Å²) >= 11 is 0. The predicted molar refractivity (Wildman–Crippen MR) is 127 cm³/mol. The van der Waals surface area contributed by atoms with Gasteiger partial charge < -0.3 is 30.3 Å². The van der Waals surface area contributed by atoms with E-state index in [2.05, 4.69) is 13.8 Å². The minimum absolute atomic E-state index is 0.0347. The van der Waals surface area contributed by atoms with Gasteiger partial charge in [0.25, 0.3) is 0 Å². The van der Waals surface area contributed by atoms with Gasteiger partial charge >= 0.3 is 5.97 Å². The minimum Gasteiger partial charge on any atom is -0.456 e. The van der Waals surface area contributed by atoms with Gasteiger partial charge in [0.05, 0.1) is 6.61 Å². The first kappa shape index (κ1) is 26.5. The van der Waals surface area contributed by atoms with Crippen molar-refractivity contribution in [1.29, 1.82) is 0 Å². The van der Waals surface area contributed by atoms with Gasteiger partial charge in [0.15, 0.2) is 11.9 Å². The molecule has 196 valence electrons. The smallest absolute Gasteiger partial charge is 0.338 e. The van der Waals surface area contributed by atoms with E-state index in [1.165, 1.54) is 5.57 Å². The van der Waals surface area contributed by atoms with Crippen LogP contribution in [-0.4, -0.2) is 74.4 Å². The van der Waals surface area contributed by atoms with Crippen molar-refractivity contribution in [2.24, 2.45) is 28.6 Å². The van der Waals surface area contributed by atoms with Crippen molar-refractivity contribution in [2.75, 3.05) is 6.61 Å². The van der Waals surface area contributed by atoms with Gasteiger partial charge in [-0.05, 0) is 85.7 Å². The standard InChI is InChI=1S/C27H40O8/c1-4-17-21(35-25(34)24(33)23(32)22(31)20(30)13-28)12-19-16-6-5-14-11-15(29)7-9-26(14,2)18(16)8-10-27(17,19)3/h4,11,16,18-24,28,30-33H,5-10,12-13H2,1-3H3/b17-4-. The van der Waals surface area contributed by atoms with Crippen molar-refractivity contribution in [3.63, 3.8) is 0 Å². The van der Waals surface area contributed by atoms with Crippen LogP contribution in [0.3, 0.4) is 0 Å². The number of ketones is 1. The number of carbonyl (C=O) groups excluding carboxylic acids is 2. The normalized spacial score (nSPS) is 41.2. The van der Waals surface area contributed by atoms with Crippen LogP contribution in [-0.2, 0) is 14.3 Å². The van der Waals surface area contributed by atoms with Crippen LogP contribution in [0.25, 0.3) is 0 Å². The molecule has 0 aromatic heterocycles. The summed E-state index contributed by atoms with van der Waals surface area (Å²) in [6.07, 6.45) is 1.78. The largest absolute Gasteiger partial charge is 0.456 e. The maximum absolute atomic E-state index is 12.7. The number of carbonyl (C=O) groups is 2. The number of hydrogen-bond donors (Lipinski definition) is 5. The average molecular weight is 493 g/mol. The zero-order valence-electron chi connectivity index (χ0n) is 20.9. The molecule has 4 aliphatic rings. The number of aliphatic hydroxyl groups is 5. The lowest BCUT2D eigenvalue weighted by Gasteiger charge is -2.57. The molecule has 3 fully saturated rings. The van der Waals surface area contributed by atoms with Crippen LogP contribution < -0.4 is 0 Å².